The molecule has 0 fully saturated rings. The zero-order chi connectivity index (χ0) is 20.2. The van der Waals surface area contributed by atoms with E-state index in [4.69, 9.17) is 9.26 Å². The molecule has 2 heterocycles. The number of aromatic amines is 1. The highest BCUT2D eigenvalue weighted by Crippen LogP contribution is 2.22. The predicted octanol–water partition coefficient (Wildman–Crippen LogP) is 3.44. The molecule has 4 aromatic rings. The third kappa shape index (κ3) is 4.43. The second-order valence-corrected chi connectivity index (χ2v) is 6.59. The molecule has 2 aromatic heterocycles. The van der Waals surface area contributed by atoms with Crippen molar-refractivity contribution in [3.05, 3.63) is 66.2 Å². The lowest BCUT2D eigenvalue weighted by Gasteiger charge is -2.16. The van der Waals surface area contributed by atoms with Crippen molar-refractivity contribution in [2.45, 2.75) is 6.42 Å². The summed E-state index contributed by atoms with van der Waals surface area (Å²) in [5, 5.41) is 5.05. The van der Waals surface area contributed by atoms with E-state index in [9.17, 15) is 9.18 Å². The molecule has 0 aliphatic heterocycles. The van der Waals surface area contributed by atoms with Gasteiger partial charge in [-0.25, -0.2) is 4.39 Å². The van der Waals surface area contributed by atoms with Gasteiger partial charge in [-0.1, -0.05) is 23.4 Å². The van der Waals surface area contributed by atoms with Crippen LogP contribution in [0.3, 0.4) is 0 Å². The number of rotatable bonds is 7. The molecule has 4 rings (SSSR count). The van der Waals surface area contributed by atoms with Crippen LogP contribution in [-0.4, -0.2) is 46.1 Å². The van der Waals surface area contributed by atoms with Crippen LogP contribution in [0.25, 0.3) is 22.5 Å². The molecule has 7 nitrogen and oxygen atoms in total. The number of ether oxygens (including phenoxy) is 1. The number of carbonyl (C=O) groups excluding carboxylic acids is 1. The second-order valence-electron chi connectivity index (χ2n) is 6.59. The summed E-state index contributed by atoms with van der Waals surface area (Å²) in [4.78, 5) is 21.4. The average Bonchev–Trinajstić information content (AvgIpc) is 3.38. The van der Waals surface area contributed by atoms with Crippen LogP contribution >= 0.6 is 0 Å². The van der Waals surface area contributed by atoms with Crippen molar-refractivity contribution in [3.8, 4) is 17.3 Å². The summed E-state index contributed by atoms with van der Waals surface area (Å²) in [6.07, 6.45) is 0.447. The minimum absolute atomic E-state index is 0.130. The van der Waals surface area contributed by atoms with Crippen molar-refractivity contribution in [1.29, 1.82) is 0 Å². The zero-order valence-electron chi connectivity index (χ0n) is 15.8. The molecular formula is C21H19FN4O3. The van der Waals surface area contributed by atoms with Crippen molar-refractivity contribution in [3.63, 3.8) is 0 Å². The van der Waals surface area contributed by atoms with Gasteiger partial charge in [0.05, 0.1) is 0 Å². The first kappa shape index (κ1) is 18.7. The summed E-state index contributed by atoms with van der Waals surface area (Å²) >= 11 is 0. The Morgan fingerprint density at radius 3 is 2.79 bits per heavy atom. The van der Waals surface area contributed by atoms with E-state index in [1.54, 1.807) is 7.05 Å². The summed E-state index contributed by atoms with van der Waals surface area (Å²) in [5.74, 6) is 0.804. The summed E-state index contributed by atoms with van der Waals surface area (Å²) in [6, 6.07) is 15.4. The Bertz CT molecular complexity index is 1090. The Morgan fingerprint density at radius 2 is 2.00 bits per heavy atom. The van der Waals surface area contributed by atoms with E-state index >= 15 is 0 Å². The number of amides is 1. The summed E-state index contributed by atoms with van der Waals surface area (Å²) < 4.78 is 23.6. The Labute approximate surface area is 166 Å². The van der Waals surface area contributed by atoms with Gasteiger partial charge in [-0.15, -0.1) is 0 Å². The van der Waals surface area contributed by atoms with Gasteiger partial charge in [0, 0.05) is 30.9 Å². The van der Waals surface area contributed by atoms with Gasteiger partial charge >= 0.3 is 0 Å². The topological polar surface area (TPSA) is 84.3 Å². The molecule has 1 amide bonds. The Hall–Kier alpha value is -3.68. The van der Waals surface area contributed by atoms with E-state index in [1.807, 2.05) is 30.3 Å². The molecule has 0 radical (unpaired) electrons. The summed E-state index contributed by atoms with van der Waals surface area (Å²) in [6.45, 7) is 0.284. The van der Waals surface area contributed by atoms with Crippen molar-refractivity contribution in [2.75, 3.05) is 20.2 Å². The number of carbonyl (C=O) groups is 1. The van der Waals surface area contributed by atoms with Gasteiger partial charge < -0.3 is 19.1 Å². The van der Waals surface area contributed by atoms with Crippen LogP contribution in [0, 0.1) is 5.82 Å². The lowest BCUT2D eigenvalue weighted by Crippen LogP contribution is -2.33. The van der Waals surface area contributed by atoms with Gasteiger partial charge in [-0.3, -0.25) is 4.79 Å². The third-order valence-corrected chi connectivity index (χ3v) is 4.50. The number of para-hydroxylation sites is 1. The maximum Gasteiger partial charge on any atom is 0.274 e. The third-order valence-electron chi connectivity index (χ3n) is 4.50. The van der Waals surface area contributed by atoms with Gasteiger partial charge in [0.25, 0.3) is 11.8 Å². The lowest BCUT2D eigenvalue weighted by atomic mass is 10.2. The number of nitrogens with one attached hydrogen (secondary N) is 1. The minimum Gasteiger partial charge on any atom is -0.484 e. The van der Waals surface area contributed by atoms with E-state index in [-0.39, 0.29) is 18.3 Å². The first-order chi connectivity index (χ1) is 14.1. The molecule has 2 aromatic carbocycles. The number of benzene rings is 2. The smallest absolute Gasteiger partial charge is 0.274 e. The number of hydrogen-bond donors (Lipinski definition) is 1. The van der Waals surface area contributed by atoms with Gasteiger partial charge in [0.1, 0.15) is 17.3 Å². The van der Waals surface area contributed by atoms with Crippen LogP contribution in [-0.2, 0) is 11.2 Å². The largest absolute Gasteiger partial charge is 0.484 e. The Kier molecular flexibility index (Phi) is 5.24. The normalized spacial score (nSPS) is 11.0. The quantitative estimate of drug-likeness (QED) is 0.519. The van der Waals surface area contributed by atoms with E-state index in [0.717, 1.165) is 16.6 Å². The molecule has 0 spiro atoms. The molecule has 0 bridgehead atoms. The molecule has 0 atom stereocenters. The highest BCUT2D eigenvalue weighted by molar-refractivity contribution is 5.84. The maximum absolute atomic E-state index is 12.9. The van der Waals surface area contributed by atoms with E-state index in [2.05, 4.69) is 15.1 Å². The monoisotopic (exact) mass is 394 g/mol. The number of hydrogen-bond acceptors (Lipinski definition) is 5. The number of halogens is 1. The fourth-order valence-electron chi connectivity index (χ4n) is 2.83. The minimum atomic E-state index is -0.354. The van der Waals surface area contributed by atoms with Crippen LogP contribution in [0.1, 0.15) is 5.82 Å². The van der Waals surface area contributed by atoms with Crippen LogP contribution < -0.4 is 4.74 Å². The van der Waals surface area contributed by atoms with E-state index < -0.39 is 0 Å². The van der Waals surface area contributed by atoms with Crippen LogP contribution in [0.15, 0.2) is 59.1 Å². The maximum atomic E-state index is 12.9. The molecule has 29 heavy (non-hydrogen) atoms. The Morgan fingerprint density at radius 1 is 1.21 bits per heavy atom. The van der Waals surface area contributed by atoms with E-state index in [0.29, 0.717) is 30.4 Å². The van der Waals surface area contributed by atoms with Gasteiger partial charge in [0.2, 0.25) is 0 Å². The Balaban J connectivity index is 1.30. The molecule has 148 valence electrons. The highest BCUT2D eigenvalue weighted by Gasteiger charge is 2.14. The van der Waals surface area contributed by atoms with Crippen molar-refractivity contribution >= 4 is 16.8 Å². The molecule has 8 heteroatoms. The first-order valence-corrected chi connectivity index (χ1v) is 9.11. The highest BCUT2D eigenvalue weighted by atomic mass is 19.1. The van der Waals surface area contributed by atoms with Gasteiger partial charge in [0.15, 0.2) is 12.4 Å². The standard InChI is InChI=1S/C21H19FN4O3/c1-26(20(27)13-28-16-8-6-15(22)7-9-16)11-10-19-24-21(29-25-19)18-12-14-4-2-3-5-17(14)23-18/h2-9,12,23H,10-11,13H2,1H3. The zero-order valence-corrected chi connectivity index (χ0v) is 15.8. The van der Waals surface area contributed by atoms with Crippen LogP contribution in [0.5, 0.6) is 5.75 Å². The molecule has 1 N–H and O–H groups in total. The molecule has 0 unspecified atom stereocenters. The molecule has 0 aliphatic rings. The van der Waals surface area contributed by atoms with Crippen molar-refractivity contribution in [1.82, 2.24) is 20.0 Å². The van der Waals surface area contributed by atoms with Crippen LogP contribution in [0.4, 0.5) is 4.39 Å². The fourth-order valence-corrected chi connectivity index (χ4v) is 2.83. The fraction of sp³-hybridized carbons (Fsp3) is 0.190. The summed E-state index contributed by atoms with van der Waals surface area (Å²) in [7, 11) is 1.68. The molecular weight excluding hydrogens is 375 g/mol. The van der Waals surface area contributed by atoms with Crippen LogP contribution in [0.2, 0.25) is 0 Å². The molecule has 0 saturated carbocycles. The first-order valence-electron chi connectivity index (χ1n) is 9.11. The van der Waals surface area contributed by atoms with E-state index in [1.165, 1.54) is 29.2 Å². The number of H-pyrrole nitrogens is 1. The van der Waals surface area contributed by atoms with Gasteiger partial charge in [-0.2, -0.15) is 4.98 Å². The number of aromatic nitrogens is 3. The average molecular weight is 394 g/mol. The lowest BCUT2D eigenvalue weighted by molar-refractivity contribution is -0.132. The van der Waals surface area contributed by atoms with Gasteiger partial charge in [-0.05, 0) is 36.4 Å². The second kappa shape index (κ2) is 8.14. The summed E-state index contributed by atoms with van der Waals surface area (Å²) in [5.41, 5.74) is 1.75. The molecule has 0 aliphatic carbocycles. The number of fused-ring (bicyclic) bond motifs is 1. The number of likely N-dealkylation sites (N-methyl/N-ethyl adjacent to an activating group) is 1. The van der Waals surface area contributed by atoms with Crippen molar-refractivity contribution < 1.29 is 18.4 Å². The SMILES string of the molecule is CN(CCc1noc(-c2cc3ccccc3[nH]2)n1)C(=O)COc1ccc(F)cc1. The number of nitrogens with zero attached hydrogens (tertiary/aromatic N) is 3. The molecule has 0 saturated heterocycles. The predicted molar refractivity (Wildman–Crippen MR) is 105 cm³/mol. The van der Waals surface area contributed by atoms with Crippen molar-refractivity contribution in [2.24, 2.45) is 0 Å².